The van der Waals surface area contributed by atoms with Gasteiger partial charge in [-0.3, -0.25) is 9.69 Å². The van der Waals surface area contributed by atoms with Gasteiger partial charge in [0.05, 0.1) is 19.9 Å². The molecule has 5 nitrogen and oxygen atoms in total. The zero-order chi connectivity index (χ0) is 20.9. The van der Waals surface area contributed by atoms with E-state index in [1.165, 1.54) is 5.69 Å². The molecule has 2 aliphatic heterocycles. The molecule has 30 heavy (non-hydrogen) atoms. The molecular formula is C25H32N2O3. The minimum atomic E-state index is 0.0816. The van der Waals surface area contributed by atoms with Crippen LogP contribution in [0.25, 0.3) is 0 Å². The number of hydrogen-bond acceptors (Lipinski definition) is 5. The molecule has 160 valence electrons. The normalized spacial score (nSPS) is 20.7. The topological polar surface area (TPSA) is 42.0 Å². The van der Waals surface area contributed by atoms with Crippen LogP contribution in [0.15, 0.2) is 48.5 Å². The standard InChI is InChI=1S/C25H32N2O3/c1-29-22-9-5-7-19(17-22)25(28)20-8-6-14-27(18-20)21-12-15-26(16-13-21)23-10-3-4-11-24(23)30-2/h3-5,7,9-11,17,20-21H,6,8,12-16,18H2,1-2H3. The number of methoxy groups -OCH3 is 2. The molecule has 2 fully saturated rings. The number of benzene rings is 2. The summed E-state index contributed by atoms with van der Waals surface area (Å²) >= 11 is 0. The molecule has 0 radical (unpaired) electrons. The summed E-state index contributed by atoms with van der Waals surface area (Å²) in [4.78, 5) is 18.1. The molecule has 5 heteroatoms. The second-order valence-electron chi connectivity index (χ2n) is 8.32. The zero-order valence-electron chi connectivity index (χ0n) is 18.0. The van der Waals surface area contributed by atoms with Crippen molar-refractivity contribution < 1.29 is 14.3 Å². The Bertz CT molecular complexity index is 861. The van der Waals surface area contributed by atoms with Crippen molar-refractivity contribution in [2.24, 2.45) is 5.92 Å². The summed E-state index contributed by atoms with van der Waals surface area (Å²) in [5, 5.41) is 0. The van der Waals surface area contributed by atoms with Crippen LogP contribution >= 0.6 is 0 Å². The molecule has 0 aromatic heterocycles. The molecule has 2 aromatic rings. The Morgan fingerprint density at radius 1 is 0.933 bits per heavy atom. The molecule has 2 aliphatic rings. The Labute approximate surface area is 179 Å². The molecule has 0 bridgehead atoms. The van der Waals surface area contributed by atoms with E-state index in [1.807, 2.05) is 36.4 Å². The molecule has 2 saturated heterocycles. The Balaban J connectivity index is 1.37. The molecule has 4 rings (SSSR count). The Morgan fingerprint density at radius 3 is 2.50 bits per heavy atom. The quantitative estimate of drug-likeness (QED) is 0.668. The molecule has 0 aliphatic carbocycles. The monoisotopic (exact) mass is 408 g/mol. The molecular weight excluding hydrogens is 376 g/mol. The van der Waals surface area contributed by atoms with E-state index in [9.17, 15) is 4.79 Å². The van der Waals surface area contributed by atoms with Crippen molar-refractivity contribution in [3.63, 3.8) is 0 Å². The largest absolute Gasteiger partial charge is 0.497 e. The summed E-state index contributed by atoms with van der Waals surface area (Å²) in [7, 11) is 3.38. The third-order valence-corrected chi connectivity index (χ3v) is 6.58. The predicted octanol–water partition coefficient (Wildman–Crippen LogP) is 4.27. The highest BCUT2D eigenvalue weighted by Gasteiger charge is 2.32. The van der Waals surface area contributed by atoms with Gasteiger partial charge in [-0.05, 0) is 56.5 Å². The summed E-state index contributed by atoms with van der Waals surface area (Å²) in [5.41, 5.74) is 1.95. The smallest absolute Gasteiger partial charge is 0.167 e. The highest BCUT2D eigenvalue weighted by Crippen LogP contribution is 2.32. The first kappa shape index (κ1) is 20.7. The van der Waals surface area contributed by atoms with Crippen molar-refractivity contribution in [1.29, 1.82) is 0 Å². The summed E-state index contributed by atoms with van der Waals surface area (Å²) < 4.78 is 10.8. The van der Waals surface area contributed by atoms with Crippen LogP contribution in [-0.2, 0) is 0 Å². The number of anilines is 1. The fourth-order valence-corrected chi connectivity index (χ4v) is 4.93. The van der Waals surface area contributed by atoms with Gasteiger partial charge in [-0.2, -0.15) is 0 Å². The van der Waals surface area contributed by atoms with Gasteiger partial charge in [-0.25, -0.2) is 0 Å². The average Bonchev–Trinajstić information content (AvgIpc) is 2.83. The van der Waals surface area contributed by atoms with E-state index in [1.54, 1.807) is 14.2 Å². The van der Waals surface area contributed by atoms with Gasteiger partial charge in [0.25, 0.3) is 0 Å². The fourth-order valence-electron chi connectivity index (χ4n) is 4.93. The van der Waals surface area contributed by atoms with Crippen molar-refractivity contribution in [2.75, 3.05) is 45.3 Å². The van der Waals surface area contributed by atoms with Gasteiger partial charge < -0.3 is 14.4 Å². The van der Waals surface area contributed by atoms with Gasteiger partial charge in [0, 0.05) is 37.2 Å². The van der Waals surface area contributed by atoms with Gasteiger partial charge in [0.1, 0.15) is 11.5 Å². The number of nitrogens with zero attached hydrogens (tertiary/aromatic N) is 2. The van der Waals surface area contributed by atoms with Crippen LogP contribution in [0, 0.1) is 5.92 Å². The number of ketones is 1. The number of carbonyl (C=O) groups is 1. The SMILES string of the molecule is COc1cccc(C(=O)C2CCCN(C3CCN(c4ccccc4OC)CC3)C2)c1. The van der Waals surface area contributed by atoms with E-state index in [-0.39, 0.29) is 11.7 Å². The van der Waals surface area contributed by atoms with Gasteiger partial charge in [-0.15, -0.1) is 0 Å². The number of piperidine rings is 2. The molecule has 2 aromatic carbocycles. The zero-order valence-corrected chi connectivity index (χ0v) is 18.0. The van der Waals surface area contributed by atoms with E-state index in [0.717, 1.165) is 68.9 Å². The number of likely N-dealkylation sites (tertiary alicyclic amines) is 1. The van der Waals surface area contributed by atoms with Crippen LogP contribution in [0.5, 0.6) is 11.5 Å². The first-order valence-corrected chi connectivity index (χ1v) is 11.0. The maximum absolute atomic E-state index is 13.1. The van der Waals surface area contributed by atoms with E-state index >= 15 is 0 Å². The highest BCUT2D eigenvalue weighted by atomic mass is 16.5. The van der Waals surface area contributed by atoms with E-state index < -0.39 is 0 Å². The summed E-state index contributed by atoms with van der Waals surface area (Å²) in [6.45, 7) is 4.02. The minimum Gasteiger partial charge on any atom is -0.497 e. The van der Waals surface area contributed by atoms with Gasteiger partial charge in [0.2, 0.25) is 0 Å². The Hall–Kier alpha value is -2.53. The van der Waals surface area contributed by atoms with Gasteiger partial charge in [0.15, 0.2) is 5.78 Å². The number of rotatable bonds is 6. The molecule has 2 heterocycles. The second kappa shape index (κ2) is 9.52. The fraction of sp³-hybridized carbons (Fsp3) is 0.480. The number of para-hydroxylation sites is 2. The van der Waals surface area contributed by atoms with Crippen LogP contribution in [-0.4, -0.2) is 57.1 Å². The van der Waals surface area contributed by atoms with E-state index in [4.69, 9.17) is 9.47 Å². The number of ether oxygens (including phenoxy) is 2. The highest BCUT2D eigenvalue weighted by molar-refractivity contribution is 5.98. The maximum Gasteiger partial charge on any atom is 0.167 e. The van der Waals surface area contributed by atoms with E-state index in [2.05, 4.69) is 21.9 Å². The lowest BCUT2D eigenvalue weighted by Crippen LogP contribution is -2.49. The van der Waals surface area contributed by atoms with Gasteiger partial charge >= 0.3 is 0 Å². The predicted molar refractivity (Wildman–Crippen MR) is 120 cm³/mol. The van der Waals surface area contributed by atoms with E-state index in [0.29, 0.717) is 6.04 Å². The average molecular weight is 409 g/mol. The number of carbonyl (C=O) groups excluding carboxylic acids is 1. The third kappa shape index (κ3) is 4.46. The number of Topliss-reactive ketones (excluding diaryl/α,β-unsaturated/α-hetero) is 1. The van der Waals surface area contributed by atoms with Crippen molar-refractivity contribution in [2.45, 2.75) is 31.7 Å². The molecule has 0 amide bonds. The Morgan fingerprint density at radius 2 is 1.73 bits per heavy atom. The van der Waals surface area contributed by atoms with Gasteiger partial charge in [-0.1, -0.05) is 24.3 Å². The van der Waals surface area contributed by atoms with Crippen molar-refractivity contribution in [3.05, 3.63) is 54.1 Å². The minimum absolute atomic E-state index is 0.0816. The lowest BCUT2D eigenvalue weighted by atomic mass is 9.88. The van der Waals surface area contributed by atoms with Crippen LogP contribution in [0.4, 0.5) is 5.69 Å². The van der Waals surface area contributed by atoms with Crippen LogP contribution in [0.2, 0.25) is 0 Å². The lowest BCUT2D eigenvalue weighted by molar-refractivity contribution is 0.0719. The third-order valence-electron chi connectivity index (χ3n) is 6.58. The lowest BCUT2D eigenvalue weighted by Gasteiger charge is -2.42. The second-order valence-corrected chi connectivity index (χ2v) is 8.32. The van der Waals surface area contributed by atoms with Crippen LogP contribution < -0.4 is 14.4 Å². The Kier molecular flexibility index (Phi) is 6.58. The van der Waals surface area contributed by atoms with Crippen molar-refractivity contribution >= 4 is 11.5 Å². The number of hydrogen-bond donors (Lipinski definition) is 0. The first-order valence-electron chi connectivity index (χ1n) is 11.0. The van der Waals surface area contributed by atoms with Crippen LogP contribution in [0.1, 0.15) is 36.0 Å². The maximum atomic E-state index is 13.1. The molecule has 1 atom stereocenters. The summed E-state index contributed by atoms with van der Waals surface area (Å²) in [6, 6.07) is 16.4. The molecule has 0 spiro atoms. The molecule has 0 N–H and O–H groups in total. The van der Waals surface area contributed by atoms with Crippen LogP contribution in [0.3, 0.4) is 0 Å². The summed E-state index contributed by atoms with van der Waals surface area (Å²) in [6.07, 6.45) is 4.32. The molecule has 0 saturated carbocycles. The van der Waals surface area contributed by atoms with Crippen molar-refractivity contribution in [1.82, 2.24) is 4.90 Å². The summed E-state index contributed by atoms with van der Waals surface area (Å²) in [5.74, 6) is 2.03. The van der Waals surface area contributed by atoms with Crippen molar-refractivity contribution in [3.8, 4) is 11.5 Å². The molecule has 1 unspecified atom stereocenters. The first-order chi connectivity index (χ1) is 14.7.